The van der Waals surface area contributed by atoms with Crippen LogP contribution in [-0.2, 0) is 15.6 Å². The van der Waals surface area contributed by atoms with Crippen LogP contribution in [0.3, 0.4) is 0 Å². The maximum Gasteiger partial charge on any atom is 0.141 e. The van der Waals surface area contributed by atoms with Crippen molar-refractivity contribution in [1.29, 1.82) is 0 Å². The molecule has 0 saturated carbocycles. The van der Waals surface area contributed by atoms with E-state index in [4.69, 9.17) is 9.47 Å². The summed E-state index contributed by atoms with van der Waals surface area (Å²) in [7, 11) is 3.15. The van der Waals surface area contributed by atoms with Gasteiger partial charge in [-0.1, -0.05) is 53.7 Å². The van der Waals surface area contributed by atoms with Gasteiger partial charge in [0.15, 0.2) is 0 Å². The topological polar surface area (TPSA) is 55.8 Å². The molecule has 1 atom stereocenters. The molecule has 0 aliphatic rings. The number of carbonyl (C=O) groups is 1. The first-order valence-corrected chi connectivity index (χ1v) is 10.4. The smallest absolute Gasteiger partial charge is 0.141 e. The Morgan fingerprint density at radius 2 is 1.48 bits per heavy atom. The number of rotatable bonds is 5. The Kier molecular flexibility index (Phi) is 6.73. The van der Waals surface area contributed by atoms with Crippen LogP contribution in [0.25, 0.3) is 0 Å². The van der Waals surface area contributed by atoms with Gasteiger partial charge >= 0.3 is 0 Å². The molecule has 2 rings (SSSR count). The monoisotopic (exact) mass is 462 g/mol. The first-order valence-electron chi connectivity index (χ1n) is 9.60. The number of halogens is 1. The number of ether oxygens (including phenoxy) is 2. The molecule has 0 aliphatic heterocycles. The van der Waals surface area contributed by atoms with E-state index in [9.17, 15) is 9.90 Å². The number of methoxy groups -OCH3 is 2. The average Bonchev–Trinajstić information content (AvgIpc) is 2.61. The highest BCUT2D eigenvalue weighted by atomic mass is 79.9. The van der Waals surface area contributed by atoms with Gasteiger partial charge in [0.25, 0.3) is 0 Å². The molecular formula is C24H31BrO4. The van der Waals surface area contributed by atoms with Crippen molar-refractivity contribution in [3.63, 3.8) is 0 Å². The van der Waals surface area contributed by atoms with Crippen LogP contribution in [0, 0.1) is 0 Å². The minimum Gasteiger partial charge on any atom is -0.507 e. The third kappa shape index (κ3) is 4.61. The summed E-state index contributed by atoms with van der Waals surface area (Å²) in [4.78, 5) is 12.4. The molecule has 4 nitrogen and oxygen atoms in total. The number of aldehydes is 1. The van der Waals surface area contributed by atoms with Crippen LogP contribution in [0.4, 0.5) is 0 Å². The lowest BCUT2D eigenvalue weighted by Gasteiger charge is -2.29. The molecule has 0 aliphatic carbocycles. The maximum absolute atomic E-state index is 12.4. The Morgan fingerprint density at radius 3 is 1.86 bits per heavy atom. The van der Waals surface area contributed by atoms with Gasteiger partial charge in [0, 0.05) is 0 Å². The van der Waals surface area contributed by atoms with Crippen molar-refractivity contribution in [2.45, 2.75) is 58.3 Å². The average molecular weight is 463 g/mol. The molecule has 1 unspecified atom stereocenters. The molecule has 158 valence electrons. The van der Waals surface area contributed by atoms with Gasteiger partial charge in [-0.05, 0) is 55.6 Å². The van der Waals surface area contributed by atoms with E-state index >= 15 is 0 Å². The highest BCUT2D eigenvalue weighted by Crippen LogP contribution is 2.46. The lowest BCUT2D eigenvalue weighted by atomic mass is 9.76. The van der Waals surface area contributed by atoms with Crippen LogP contribution in [0.5, 0.6) is 17.2 Å². The second kappa shape index (κ2) is 8.39. The summed E-state index contributed by atoms with van der Waals surface area (Å²) in [6.45, 7) is 12.3. The predicted molar refractivity (Wildman–Crippen MR) is 121 cm³/mol. The first kappa shape index (κ1) is 23.3. The van der Waals surface area contributed by atoms with Crippen LogP contribution in [-0.4, -0.2) is 25.6 Å². The second-order valence-electron chi connectivity index (χ2n) is 9.27. The molecule has 0 heterocycles. The minimum atomic E-state index is -0.611. The number of hydrogen-bond donors (Lipinski definition) is 1. The molecule has 5 heteroatoms. The SMILES string of the molecule is COc1ccc(Br)c(OC)c1C(C=O)c1cc(C(C)(C)C)c(O)c(C(C)(C)C)c1. The van der Waals surface area contributed by atoms with Crippen molar-refractivity contribution in [2.24, 2.45) is 0 Å². The standard InChI is InChI=1S/C24H31BrO4/c1-23(2,3)16-11-14(12-17(21(16)27)24(4,5)6)15(13-26)20-19(28-7)10-9-18(25)22(20)29-8/h9-13,15,27H,1-8H3. The third-order valence-electron chi connectivity index (χ3n) is 5.09. The first-order chi connectivity index (χ1) is 13.4. The number of carbonyl (C=O) groups excluding carboxylic acids is 1. The van der Waals surface area contributed by atoms with Crippen LogP contribution < -0.4 is 9.47 Å². The fourth-order valence-corrected chi connectivity index (χ4v) is 4.04. The van der Waals surface area contributed by atoms with Crippen molar-refractivity contribution in [3.8, 4) is 17.2 Å². The quantitative estimate of drug-likeness (QED) is 0.545. The zero-order chi connectivity index (χ0) is 22.1. The molecular weight excluding hydrogens is 432 g/mol. The molecule has 2 aromatic rings. The predicted octanol–water partition coefficient (Wildman–Crippen LogP) is 6.10. The molecule has 0 fully saturated rings. The largest absolute Gasteiger partial charge is 0.507 e. The van der Waals surface area contributed by atoms with E-state index in [0.717, 1.165) is 27.4 Å². The fourth-order valence-electron chi connectivity index (χ4n) is 3.53. The molecule has 0 spiro atoms. The number of benzene rings is 2. The lowest BCUT2D eigenvalue weighted by Crippen LogP contribution is -2.19. The van der Waals surface area contributed by atoms with Crippen molar-refractivity contribution < 1.29 is 19.4 Å². The van der Waals surface area contributed by atoms with E-state index in [0.29, 0.717) is 17.1 Å². The van der Waals surface area contributed by atoms with Gasteiger partial charge in [0.05, 0.1) is 30.2 Å². The van der Waals surface area contributed by atoms with Gasteiger partial charge in [-0.3, -0.25) is 0 Å². The number of phenols is 1. The summed E-state index contributed by atoms with van der Waals surface area (Å²) in [6, 6.07) is 7.49. The summed E-state index contributed by atoms with van der Waals surface area (Å²) in [6.07, 6.45) is 0.901. The van der Waals surface area contributed by atoms with Gasteiger partial charge in [-0.15, -0.1) is 0 Å². The molecule has 29 heavy (non-hydrogen) atoms. The fraction of sp³-hybridized carbons (Fsp3) is 0.458. The van der Waals surface area contributed by atoms with Gasteiger partial charge < -0.3 is 19.4 Å². The highest BCUT2D eigenvalue weighted by Gasteiger charge is 2.31. The van der Waals surface area contributed by atoms with Gasteiger partial charge in [-0.25, -0.2) is 0 Å². The molecule has 1 N–H and O–H groups in total. The van der Waals surface area contributed by atoms with E-state index in [1.54, 1.807) is 14.2 Å². The molecule has 0 aromatic heterocycles. The van der Waals surface area contributed by atoms with Crippen LogP contribution >= 0.6 is 15.9 Å². The summed E-state index contributed by atoms with van der Waals surface area (Å²) in [5.41, 5.74) is 2.48. The van der Waals surface area contributed by atoms with Crippen LogP contribution in [0.15, 0.2) is 28.7 Å². The molecule has 0 radical (unpaired) electrons. The van der Waals surface area contributed by atoms with E-state index in [1.807, 2.05) is 24.3 Å². The maximum atomic E-state index is 12.4. The molecule has 2 aromatic carbocycles. The van der Waals surface area contributed by atoms with Crippen molar-refractivity contribution in [1.82, 2.24) is 0 Å². The minimum absolute atomic E-state index is 0.284. The zero-order valence-corrected chi connectivity index (χ0v) is 20.1. The molecule has 0 bridgehead atoms. The number of aromatic hydroxyl groups is 1. The summed E-state index contributed by atoms with van der Waals surface area (Å²) in [5.74, 6) is 0.806. The van der Waals surface area contributed by atoms with Gasteiger partial charge in [0.2, 0.25) is 0 Å². The highest BCUT2D eigenvalue weighted by molar-refractivity contribution is 9.10. The Morgan fingerprint density at radius 1 is 0.966 bits per heavy atom. The number of phenolic OH excluding ortho intramolecular Hbond substituents is 1. The Bertz CT molecular complexity index is 869. The normalized spacial score (nSPS) is 13.1. The lowest BCUT2D eigenvalue weighted by molar-refractivity contribution is -0.108. The Hall–Kier alpha value is -2.01. The molecule has 0 saturated heterocycles. The number of hydrogen-bond acceptors (Lipinski definition) is 4. The van der Waals surface area contributed by atoms with Gasteiger partial charge in [0.1, 0.15) is 23.5 Å². The zero-order valence-electron chi connectivity index (χ0n) is 18.5. The Labute approximate surface area is 182 Å². The summed E-state index contributed by atoms with van der Waals surface area (Å²) in [5, 5.41) is 11.0. The third-order valence-corrected chi connectivity index (χ3v) is 5.71. The summed E-state index contributed by atoms with van der Waals surface area (Å²) < 4.78 is 11.9. The van der Waals surface area contributed by atoms with Crippen LogP contribution in [0.1, 0.15) is 69.7 Å². The van der Waals surface area contributed by atoms with Crippen LogP contribution in [0.2, 0.25) is 0 Å². The van der Waals surface area contributed by atoms with Gasteiger partial charge in [-0.2, -0.15) is 0 Å². The Balaban J connectivity index is 2.89. The van der Waals surface area contributed by atoms with Crippen molar-refractivity contribution in [2.75, 3.05) is 14.2 Å². The van der Waals surface area contributed by atoms with E-state index in [-0.39, 0.29) is 16.6 Å². The van der Waals surface area contributed by atoms with E-state index in [1.165, 1.54) is 0 Å². The summed E-state index contributed by atoms with van der Waals surface area (Å²) >= 11 is 3.51. The van der Waals surface area contributed by atoms with E-state index < -0.39 is 5.92 Å². The van der Waals surface area contributed by atoms with Crippen molar-refractivity contribution in [3.05, 3.63) is 51.0 Å². The second-order valence-corrected chi connectivity index (χ2v) is 10.1. The van der Waals surface area contributed by atoms with E-state index in [2.05, 4.69) is 57.5 Å². The molecule has 0 amide bonds. The van der Waals surface area contributed by atoms with Crippen molar-refractivity contribution >= 4 is 22.2 Å².